The Hall–Kier alpha value is -1.86. The summed E-state index contributed by atoms with van der Waals surface area (Å²) in [5.41, 5.74) is 6.26. The van der Waals surface area contributed by atoms with Crippen molar-refractivity contribution in [3.05, 3.63) is 33.2 Å². The van der Waals surface area contributed by atoms with Crippen LogP contribution in [0.25, 0.3) is 0 Å². The van der Waals surface area contributed by atoms with E-state index in [1.165, 1.54) is 11.7 Å². The van der Waals surface area contributed by atoms with Crippen LogP contribution in [-0.2, 0) is 17.9 Å². The standard InChI is InChI=1S/C14H19N5O3S/c1-4-16-13-17-18-14(21,23-13)8-19-9(2)5-10(7-22-3)11(6-15)12(19)20/h5,18,21H,4,7-8H2,1-3H3,(H,16,17)/t14-/m0/s1. The van der Waals surface area contributed by atoms with Gasteiger partial charge in [0.05, 0.1) is 13.2 Å². The fraction of sp³-hybridized carbons (Fsp3) is 0.500. The molecular formula is C14H19N5O3S. The maximum Gasteiger partial charge on any atom is 0.269 e. The van der Waals surface area contributed by atoms with Crippen molar-refractivity contribution in [3.63, 3.8) is 0 Å². The Labute approximate surface area is 138 Å². The van der Waals surface area contributed by atoms with Gasteiger partial charge in [0, 0.05) is 24.9 Å². The molecule has 0 spiro atoms. The van der Waals surface area contributed by atoms with E-state index in [-0.39, 0.29) is 18.7 Å². The second-order valence-corrected chi connectivity index (χ2v) is 6.30. The molecule has 8 nitrogen and oxygen atoms in total. The van der Waals surface area contributed by atoms with Crippen LogP contribution in [0.2, 0.25) is 0 Å². The second kappa shape index (κ2) is 7.14. The molecule has 1 aliphatic rings. The van der Waals surface area contributed by atoms with Crippen LogP contribution in [0.1, 0.15) is 23.7 Å². The van der Waals surface area contributed by atoms with Crippen molar-refractivity contribution in [1.82, 2.24) is 15.4 Å². The Morgan fingerprint density at radius 1 is 1.61 bits per heavy atom. The highest BCUT2D eigenvalue weighted by atomic mass is 32.2. The Morgan fingerprint density at radius 3 is 2.96 bits per heavy atom. The molecule has 124 valence electrons. The first-order chi connectivity index (χ1) is 10.9. The maximum absolute atomic E-state index is 12.5. The summed E-state index contributed by atoms with van der Waals surface area (Å²) in [6.07, 6.45) is 0. The summed E-state index contributed by atoms with van der Waals surface area (Å²) in [5, 5.41) is 18.9. The fourth-order valence-electron chi connectivity index (χ4n) is 2.28. The van der Waals surface area contributed by atoms with Crippen molar-refractivity contribution >= 4 is 16.9 Å². The van der Waals surface area contributed by atoms with Gasteiger partial charge in [-0.15, -0.1) is 0 Å². The molecule has 0 unspecified atom stereocenters. The zero-order valence-electron chi connectivity index (χ0n) is 13.2. The van der Waals surface area contributed by atoms with Gasteiger partial charge < -0.3 is 14.4 Å². The quantitative estimate of drug-likeness (QED) is 0.695. The number of rotatable bonds is 5. The summed E-state index contributed by atoms with van der Waals surface area (Å²) >= 11 is 1.09. The summed E-state index contributed by atoms with van der Waals surface area (Å²) in [4.78, 5) is 16.7. The maximum atomic E-state index is 12.5. The number of hydrogen-bond acceptors (Lipinski definition) is 7. The van der Waals surface area contributed by atoms with Gasteiger partial charge in [-0.3, -0.25) is 15.2 Å². The summed E-state index contributed by atoms with van der Waals surface area (Å²) in [6, 6.07) is 3.64. The lowest BCUT2D eigenvalue weighted by molar-refractivity contribution is 0.0783. The lowest BCUT2D eigenvalue weighted by Crippen LogP contribution is -2.48. The van der Waals surface area contributed by atoms with Gasteiger partial charge in [0.15, 0.2) is 5.17 Å². The van der Waals surface area contributed by atoms with Crippen LogP contribution in [0, 0.1) is 18.3 Å². The van der Waals surface area contributed by atoms with Gasteiger partial charge in [-0.1, -0.05) is 0 Å². The average Bonchev–Trinajstić information content (AvgIpc) is 2.86. The van der Waals surface area contributed by atoms with Crippen LogP contribution in [0.4, 0.5) is 0 Å². The third-order valence-corrected chi connectivity index (χ3v) is 4.30. The molecule has 0 bridgehead atoms. The van der Waals surface area contributed by atoms with Gasteiger partial charge in [-0.25, -0.2) is 0 Å². The molecule has 1 atom stereocenters. The van der Waals surface area contributed by atoms with Gasteiger partial charge in [0.1, 0.15) is 11.6 Å². The number of thioether (sulfide) groups is 1. The van der Waals surface area contributed by atoms with E-state index in [1.54, 1.807) is 13.0 Å². The highest BCUT2D eigenvalue weighted by molar-refractivity contribution is 8.15. The van der Waals surface area contributed by atoms with Crippen molar-refractivity contribution in [1.29, 1.82) is 5.26 Å². The molecule has 0 aliphatic carbocycles. The minimum absolute atomic E-state index is 0.0273. The van der Waals surface area contributed by atoms with Crippen molar-refractivity contribution in [3.8, 4) is 6.07 Å². The Kier molecular flexibility index (Phi) is 5.43. The molecule has 1 aromatic heterocycles. The molecule has 9 heteroatoms. The number of methoxy groups -OCH3 is 1. The van der Waals surface area contributed by atoms with Crippen LogP contribution >= 0.6 is 11.8 Å². The lowest BCUT2D eigenvalue weighted by atomic mass is 10.1. The van der Waals surface area contributed by atoms with E-state index in [2.05, 4.69) is 15.8 Å². The summed E-state index contributed by atoms with van der Waals surface area (Å²) in [5.74, 6) is 0. The fourth-order valence-corrected chi connectivity index (χ4v) is 3.20. The summed E-state index contributed by atoms with van der Waals surface area (Å²) in [6.45, 7) is 4.37. The average molecular weight is 337 g/mol. The molecule has 1 saturated heterocycles. The van der Waals surface area contributed by atoms with Gasteiger partial charge in [0.2, 0.25) is 5.06 Å². The van der Waals surface area contributed by atoms with Crippen molar-refractivity contribution < 1.29 is 9.84 Å². The lowest BCUT2D eigenvalue weighted by Gasteiger charge is -2.23. The van der Waals surface area contributed by atoms with E-state index in [0.29, 0.717) is 23.0 Å². The molecule has 1 fully saturated rings. The van der Waals surface area contributed by atoms with E-state index in [4.69, 9.17) is 4.74 Å². The minimum atomic E-state index is -1.42. The Morgan fingerprint density at radius 2 is 2.35 bits per heavy atom. The number of aryl methyl sites for hydroxylation is 1. The summed E-state index contributed by atoms with van der Waals surface area (Å²) < 4.78 is 6.39. The van der Waals surface area contributed by atoms with Crippen LogP contribution in [0.15, 0.2) is 15.9 Å². The van der Waals surface area contributed by atoms with Crippen LogP contribution in [0.3, 0.4) is 0 Å². The highest BCUT2D eigenvalue weighted by Gasteiger charge is 2.37. The smallest absolute Gasteiger partial charge is 0.269 e. The summed E-state index contributed by atoms with van der Waals surface area (Å²) in [7, 11) is 1.50. The number of nitrogens with one attached hydrogen (secondary N) is 2. The molecule has 2 heterocycles. The molecule has 0 saturated carbocycles. The predicted molar refractivity (Wildman–Crippen MR) is 87.7 cm³/mol. The topological polar surface area (TPSA) is 112 Å². The number of hydrogen-bond donors (Lipinski definition) is 3. The number of nitriles is 1. The first kappa shape index (κ1) is 17.5. The first-order valence-corrected chi connectivity index (χ1v) is 7.87. The SMILES string of the molecule is CCN=C1NN[C@](O)(Cn2c(C)cc(COC)c(C#N)c2=O)S1. The van der Waals surface area contributed by atoms with Gasteiger partial charge >= 0.3 is 0 Å². The van der Waals surface area contributed by atoms with Crippen molar-refractivity contribution in [2.75, 3.05) is 13.7 Å². The number of hydrazine groups is 1. The van der Waals surface area contributed by atoms with Crippen molar-refractivity contribution in [2.45, 2.75) is 32.1 Å². The zero-order chi connectivity index (χ0) is 17.0. The predicted octanol–water partition coefficient (Wildman–Crippen LogP) is 0.0378. The van der Waals surface area contributed by atoms with E-state index in [1.807, 2.05) is 13.0 Å². The van der Waals surface area contributed by atoms with Crippen LogP contribution < -0.4 is 16.4 Å². The van der Waals surface area contributed by atoms with E-state index >= 15 is 0 Å². The number of ether oxygens (including phenoxy) is 1. The number of pyridine rings is 1. The minimum Gasteiger partial charge on any atom is -0.380 e. The number of nitrogens with zero attached hydrogens (tertiary/aromatic N) is 3. The van der Waals surface area contributed by atoms with Crippen LogP contribution in [0.5, 0.6) is 0 Å². The second-order valence-electron chi connectivity index (χ2n) is 5.04. The Bertz CT molecular complexity index is 724. The third kappa shape index (κ3) is 3.73. The molecule has 0 radical (unpaired) electrons. The Balaban J connectivity index is 2.36. The zero-order valence-corrected chi connectivity index (χ0v) is 14.0. The third-order valence-electron chi connectivity index (χ3n) is 3.31. The number of aromatic nitrogens is 1. The largest absolute Gasteiger partial charge is 0.380 e. The molecule has 3 N–H and O–H groups in total. The number of aliphatic hydroxyl groups is 1. The molecular weight excluding hydrogens is 318 g/mol. The first-order valence-electron chi connectivity index (χ1n) is 7.05. The molecule has 0 amide bonds. The molecule has 0 aromatic carbocycles. The van der Waals surface area contributed by atoms with E-state index < -0.39 is 10.6 Å². The monoisotopic (exact) mass is 337 g/mol. The van der Waals surface area contributed by atoms with Crippen molar-refractivity contribution in [2.24, 2.45) is 4.99 Å². The number of amidine groups is 1. The normalized spacial score (nSPS) is 22.1. The van der Waals surface area contributed by atoms with Gasteiger partial charge in [-0.05, 0) is 31.7 Å². The van der Waals surface area contributed by atoms with E-state index in [9.17, 15) is 15.2 Å². The van der Waals surface area contributed by atoms with E-state index in [0.717, 1.165) is 11.8 Å². The number of aliphatic imine (C=N–C) groups is 1. The van der Waals surface area contributed by atoms with Crippen LogP contribution in [-0.4, -0.2) is 33.6 Å². The molecule has 1 aliphatic heterocycles. The molecule has 23 heavy (non-hydrogen) atoms. The highest BCUT2D eigenvalue weighted by Crippen LogP contribution is 2.26. The van der Waals surface area contributed by atoms with Gasteiger partial charge in [-0.2, -0.15) is 10.7 Å². The molecule has 2 rings (SSSR count). The molecule has 1 aromatic rings. The van der Waals surface area contributed by atoms with Gasteiger partial charge in [0.25, 0.3) is 5.56 Å².